The second-order valence-corrected chi connectivity index (χ2v) is 6.40. The number of nitrogens with zero attached hydrogens (tertiary/aromatic N) is 3. The fraction of sp³-hybridized carbons (Fsp3) is 0.111. The molecule has 5 rings (SSSR count). The number of hydrogen-bond acceptors (Lipinski definition) is 6. The van der Waals surface area contributed by atoms with Crippen molar-refractivity contribution in [1.82, 2.24) is 14.6 Å². The van der Waals surface area contributed by atoms with Gasteiger partial charge in [0, 0.05) is 10.9 Å². The van der Waals surface area contributed by atoms with E-state index in [0.29, 0.717) is 0 Å². The fourth-order valence-electron chi connectivity index (χ4n) is 2.91. The smallest absolute Gasteiger partial charge is 0.231 e. The topological polar surface area (TPSA) is 57.9 Å². The second-order valence-electron chi connectivity index (χ2n) is 5.56. The van der Waals surface area contributed by atoms with Crippen molar-refractivity contribution in [2.45, 2.75) is 0 Å². The summed E-state index contributed by atoms with van der Waals surface area (Å²) in [4.78, 5) is 0.846. The molecule has 2 aromatic heterocycles. The maximum Gasteiger partial charge on any atom is 0.231 e. The molecule has 2 aromatic carbocycles. The summed E-state index contributed by atoms with van der Waals surface area (Å²) >= 11 is 1.56. The normalized spacial score (nSPS) is 12.7. The molecule has 25 heavy (non-hydrogen) atoms. The maximum absolute atomic E-state index is 5.48. The highest BCUT2D eigenvalue weighted by atomic mass is 32.1. The third-order valence-electron chi connectivity index (χ3n) is 4.17. The van der Waals surface area contributed by atoms with E-state index in [4.69, 9.17) is 14.2 Å². The van der Waals surface area contributed by atoms with Crippen LogP contribution in [0.4, 0.5) is 0 Å². The average Bonchev–Trinajstić information content (AvgIpc) is 3.37. The van der Waals surface area contributed by atoms with E-state index in [-0.39, 0.29) is 6.79 Å². The Balaban J connectivity index is 1.66. The summed E-state index contributed by atoms with van der Waals surface area (Å²) in [7, 11) is 1.66. The van der Waals surface area contributed by atoms with E-state index in [0.717, 1.165) is 44.9 Å². The van der Waals surface area contributed by atoms with Gasteiger partial charge in [-0.1, -0.05) is 0 Å². The summed E-state index contributed by atoms with van der Waals surface area (Å²) in [6.07, 6.45) is 0. The molecule has 0 amide bonds. The highest BCUT2D eigenvalue weighted by Gasteiger charge is 2.19. The van der Waals surface area contributed by atoms with E-state index >= 15 is 0 Å². The molecule has 7 heteroatoms. The van der Waals surface area contributed by atoms with Crippen molar-refractivity contribution in [2.24, 2.45) is 0 Å². The summed E-state index contributed by atoms with van der Waals surface area (Å²) in [5.41, 5.74) is 3.05. The van der Waals surface area contributed by atoms with Gasteiger partial charge in [0.25, 0.3) is 0 Å². The molecule has 0 N–H and O–H groups in total. The molecule has 124 valence electrons. The molecule has 3 heterocycles. The van der Waals surface area contributed by atoms with Crippen molar-refractivity contribution in [3.05, 3.63) is 47.8 Å². The van der Waals surface area contributed by atoms with Crippen molar-refractivity contribution in [3.8, 4) is 39.9 Å². The summed E-state index contributed by atoms with van der Waals surface area (Å²) in [5, 5.41) is 10.8. The SMILES string of the molecule is COc1ccc(-c2csc3nnc(-c4ccc5c(c4)OCO5)n23)cc1. The summed E-state index contributed by atoms with van der Waals surface area (Å²) in [5.74, 6) is 3.09. The predicted octanol–water partition coefficient (Wildman–Crippen LogP) is 3.86. The van der Waals surface area contributed by atoms with Gasteiger partial charge in [0.15, 0.2) is 17.3 Å². The number of hydrogen-bond donors (Lipinski definition) is 0. The zero-order chi connectivity index (χ0) is 16.8. The number of rotatable bonds is 3. The molecule has 0 unspecified atom stereocenters. The zero-order valence-corrected chi connectivity index (χ0v) is 14.1. The molecule has 4 aromatic rings. The van der Waals surface area contributed by atoms with Gasteiger partial charge in [-0.2, -0.15) is 0 Å². The minimum atomic E-state index is 0.254. The molecule has 1 aliphatic heterocycles. The van der Waals surface area contributed by atoms with E-state index in [9.17, 15) is 0 Å². The van der Waals surface area contributed by atoms with Crippen LogP contribution >= 0.6 is 11.3 Å². The van der Waals surface area contributed by atoms with Gasteiger partial charge < -0.3 is 14.2 Å². The zero-order valence-electron chi connectivity index (χ0n) is 13.3. The number of methoxy groups -OCH3 is 1. The second kappa shape index (κ2) is 5.49. The molecule has 0 saturated carbocycles. The number of ether oxygens (including phenoxy) is 3. The van der Waals surface area contributed by atoms with Crippen molar-refractivity contribution in [2.75, 3.05) is 13.9 Å². The minimum Gasteiger partial charge on any atom is -0.497 e. The molecule has 0 radical (unpaired) electrons. The Morgan fingerprint density at radius 3 is 2.64 bits per heavy atom. The molecule has 6 nitrogen and oxygen atoms in total. The Labute approximate surface area is 147 Å². The van der Waals surface area contributed by atoms with E-state index < -0.39 is 0 Å². The lowest BCUT2D eigenvalue weighted by Gasteiger charge is -2.05. The van der Waals surface area contributed by atoms with E-state index in [2.05, 4.69) is 20.0 Å². The van der Waals surface area contributed by atoms with Crippen LogP contribution in [0.3, 0.4) is 0 Å². The predicted molar refractivity (Wildman–Crippen MR) is 94.4 cm³/mol. The summed E-state index contributed by atoms with van der Waals surface area (Å²) in [6.45, 7) is 0.254. The Kier molecular flexibility index (Phi) is 3.14. The Hall–Kier alpha value is -3.06. The van der Waals surface area contributed by atoms with Gasteiger partial charge in [0.05, 0.1) is 12.8 Å². The van der Waals surface area contributed by atoms with E-state index in [1.807, 2.05) is 42.5 Å². The molecular formula is C18H13N3O3S. The van der Waals surface area contributed by atoms with Crippen LogP contribution in [0.1, 0.15) is 0 Å². The lowest BCUT2D eigenvalue weighted by atomic mass is 10.1. The van der Waals surface area contributed by atoms with Crippen LogP contribution in [0.5, 0.6) is 17.2 Å². The Morgan fingerprint density at radius 2 is 1.80 bits per heavy atom. The van der Waals surface area contributed by atoms with Crippen LogP contribution in [-0.2, 0) is 0 Å². The number of benzene rings is 2. The van der Waals surface area contributed by atoms with Gasteiger partial charge in [-0.3, -0.25) is 4.40 Å². The van der Waals surface area contributed by atoms with E-state index in [1.54, 1.807) is 18.4 Å². The van der Waals surface area contributed by atoms with Gasteiger partial charge in [-0.05, 0) is 48.0 Å². The van der Waals surface area contributed by atoms with Crippen molar-refractivity contribution < 1.29 is 14.2 Å². The monoisotopic (exact) mass is 351 g/mol. The van der Waals surface area contributed by atoms with Gasteiger partial charge in [-0.15, -0.1) is 21.5 Å². The van der Waals surface area contributed by atoms with Gasteiger partial charge >= 0.3 is 0 Å². The molecule has 0 atom stereocenters. The van der Waals surface area contributed by atoms with Crippen LogP contribution < -0.4 is 14.2 Å². The van der Waals surface area contributed by atoms with Crippen LogP contribution in [0.25, 0.3) is 27.6 Å². The molecule has 0 fully saturated rings. The number of thiazole rings is 1. The third-order valence-corrected chi connectivity index (χ3v) is 4.98. The first-order valence-electron chi connectivity index (χ1n) is 7.70. The van der Waals surface area contributed by atoms with Gasteiger partial charge in [0.2, 0.25) is 11.8 Å². The van der Waals surface area contributed by atoms with Crippen LogP contribution in [0, 0.1) is 0 Å². The first kappa shape index (κ1) is 14.3. The summed E-state index contributed by atoms with van der Waals surface area (Å²) in [6, 6.07) is 13.8. The highest BCUT2D eigenvalue weighted by molar-refractivity contribution is 7.15. The Morgan fingerprint density at radius 1 is 1.00 bits per heavy atom. The molecule has 1 aliphatic rings. The maximum atomic E-state index is 5.48. The molecule has 0 saturated heterocycles. The minimum absolute atomic E-state index is 0.254. The van der Waals surface area contributed by atoms with Crippen LogP contribution in [0.15, 0.2) is 47.8 Å². The van der Waals surface area contributed by atoms with Crippen LogP contribution in [-0.4, -0.2) is 28.5 Å². The highest BCUT2D eigenvalue weighted by Crippen LogP contribution is 2.37. The Bertz CT molecular complexity index is 1070. The quantitative estimate of drug-likeness (QED) is 0.561. The molecule has 0 spiro atoms. The summed E-state index contributed by atoms with van der Waals surface area (Å²) < 4.78 is 18.2. The van der Waals surface area contributed by atoms with Crippen molar-refractivity contribution >= 4 is 16.3 Å². The van der Waals surface area contributed by atoms with Crippen molar-refractivity contribution in [3.63, 3.8) is 0 Å². The van der Waals surface area contributed by atoms with Crippen molar-refractivity contribution in [1.29, 1.82) is 0 Å². The number of aromatic nitrogens is 3. The molecular weight excluding hydrogens is 338 g/mol. The fourth-order valence-corrected chi connectivity index (χ4v) is 3.74. The number of fused-ring (bicyclic) bond motifs is 2. The first-order chi connectivity index (χ1) is 12.3. The molecule has 0 bridgehead atoms. The van der Waals surface area contributed by atoms with Crippen LogP contribution in [0.2, 0.25) is 0 Å². The average molecular weight is 351 g/mol. The van der Waals surface area contributed by atoms with Gasteiger partial charge in [-0.25, -0.2) is 0 Å². The first-order valence-corrected chi connectivity index (χ1v) is 8.58. The largest absolute Gasteiger partial charge is 0.497 e. The lowest BCUT2D eigenvalue weighted by molar-refractivity contribution is 0.174. The lowest BCUT2D eigenvalue weighted by Crippen LogP contribution is -1.93. The van der Waals surface area contributed by atoms with Gasteiger partial charge in [0.1, 0.15) is 5.75 Å². The standard InChI is InChI=1S/C18H13N3O3S/c1-22-13-5-2-11(3-6-13)14-9-25-18-20-19-17(21(14)18)12-4-7-15-16(8-12)24-10-23-15/h2-9H,10H2,1H3. The molecule has 0 aliphatic carbocycles. The van der Waals surface area contributed by atoms with E-state index in [1.165, 1.54) is 0 Å². The third kappa shape index (κ3) is 2.24.